The topological polar surface area (TPSA) is 74.0 Å². The molecule has 5 nitrogen and oxygen atoms in total. The van der Waals surface area contributed by atoms with Gasteiger partial charge < -0.3 is 10.2 Å². The van der Waals surface area contributed by atoms with Gasteiger partial charge in [0, 0.05) is 15.2 Å². The Labute approximate surface area is 133 Å². The molecule has 0 bridgehead atoms. The van der Waals surface area contributed by atoms with Crippen molar-refractivity contribution in [2.75, 3.05) is 5.73 Å². The van der Waals surface area contributed by atoms with Gasteiger partial charge in [0.1, 0.15) is 5.58 Å². The van der Waals surface area contributed by atoms with E-state index in [1.165, 1.54) is 4.68 Å². The van der Waals surface area contributed by atoms with Crippen molar-refractivity contribution in [1.82, 2.24) is 9.78 Å². The highest BCUT2D eigenvalue weighted by atomic mass is 79.9. The maximum Gasteiger partial charge on any atom is 0.314 e. The first-order chi connectivity index (χ1) is 10.6. The van der Waals surface area contributed by atoms with Gasteiger partial charge in [0.15, 0.2) is 11.6 Å². The zero-order chi connectivity index (χ0) is 15.3. The number of hydrogen-bond donors (Lipinski definition) is 1. The number of fused-ring (bicyclic) bond motifs is 2. The molecule has 2 aromatic heterocycles. The predicted octanol–water partition coefficient (Wildman–Crippen LogP) is 3.82. The van der Waals surface area contributed by atoms with Gasteiger partial charge in [-0.3, -0.25) is 4.79 Å². The Bertz CT molecular complexity index is 1030. The Morgan fingerprint density at radius 3 is 2.86 bits per heavy atom. The SMILES string of the molecule is Nc1nn(C(=O)c2cc3ccc(Br)cc3o2)c2ccccc12. The Morgan fingerprint density at radius 2 is 2.00 bits per heavy atom. The summed E-state index contributed by atoms with van der Waals surface area (Å²) in [6, 6.07) is 14.6. The number of hydrogen-bond acceptors (Lipinski definition) is 4. The van der Waals surface area contributed by atoms with Crippen molar-refractivity contribution in [3.8, 4) is 0 Å². The molecule has 0 spiro atoms. The monoisotopic (exact) mass is 355 g/mol. The number of carbonyl (C=O) groups is 1. The number of carbonyl (C=O) groups excluding carboxylic acids is 1. The van der Waals surface area contributed by atoms with Gasteiger partial charge in [-0.2, -0.15) is 4.68 Å². The fourth-order valence-corrected chi connectivity index (χ4v) is 2.80. The number of benzene rings is 2. The summed E-state index contributed by atoms with van der Waals surface area (Å²) >= 11 is 3.38. The Kier molecular flexibility index (Phi) is 2.80. The number of nitrogen functional groups attached to an aromatic ring is 1. The van der Waals surface area contributed by atoms with E-state index < -0.39 is 0 Å². The smallest absolute Gasteiger partial charge is 0.314 e. The van der Waals surface area contributed by atoms with Gasteiger partial charge in [0.05, 0.1) is 5.52 Å². The summed E-state index contributed by atoms with van der Waals surface area (Å²) in [5.41, 5.74) is 7.17. The second-order valence-electron chi connectivity index (χ2n) is 4.91. The first kappa shape index (κ1) is 13.1. The van der Waals surface area contributed by atoms with E-state index >= 15 is 0 Å². The molecular formula is C16H10BrN3O2. The third-order valence-corrected chi connectivity index (χ3v) is 3.99. The van der Waals surface area contributed by atoms with Crippen molar-refractivity contribution in [3.63, 3.8) is 0 Å². The molecule has 0 aliphatic carbocycles. The van der Waals surface area contributed by atoms with Gasteiger partial charge in [0.2, 0.25) is 0 Å². The molecule has 0 radical (unpaired) electrons. The van der Waals surface area contributed by atoms with Gasteiger partial charge in [-0.1, -0.05) is 28.1 Å². The molecule has 108 valence electrons. The molecule has 2 aromatic carbocycles. The normalized spacial score (nSPS) is 11.3. The molecule has 0 saturated carbocycles. The van der Waals surface area contributed by atoms with Crippen molar-refractivity contribution in [2.24, 2.45) is 0 Å². The number of para-hydroxylation sites is 1. The summed E-state index contributed by atoms with van der Waals surface area (Å²) in [6.45, 7) is 0. The minimum Gasteiger partial charge on any atom is -0.451 e. The third-order valence-electron chi connectivity index (χ3n) is 3.50. The molecule has 22 heavy (non-hydrogen) atoms. The maximum absolute atomic E-state index is 12.7. The maximum atomic E-state index is 12.7. The van der Waals surface area contributed by atoms with E-state index in [0.717, 1.165) is 15.2 Å². The molecule has 0 amide bonds. The second kappa shape index (κ2) is 4.71. The predicted molar refractivity (Wildman–Crippen MR) is 87.8 cm³/mol. The highest BCUT2D eigenvalue weighted by Gasteiger charge is 2.19. The van der Waals surface area contributed by atoms with Crippen LogP contribution in [0.4, 0.5) is 5.82 Å². The second-order valence-corrected chi connectivity index (χ2v) is 5.83. The van der Waals surface area contributed by atoms with Crippen LogP contribution < -0.4 is 5.73 Å². The highest BCUT2D eigenvalue weighted by Crippen LogP contribution is 2.25. The first-order valence-electron chi connectivity index (χ1n) is 6.60. The Morgan fingerprint density at radius 1 is 1.18 bits per heavy atom. The van der Waals surface area contributed by atoms with Crippen molar-refractivity contribution in [2.45, 2.75) is 0 Å². The molecule has 4 aromatic rings. The van der Waals surface area contributed by atoms with Crippen LogP contribution in [0.25, 0.3) is 21.9 Å². The molecular weight excluding hydrogens is 346 g/mol. The minimum absolute atomic E-state index is 0.223. The van der Waals surface area contributed by atoms with Crippen LogP contribution in [0.3, 0.4) is 0 Å². The van der Waals surface area contributed by atoms with E-state index in [2.05, 4.69) is 21.0 Å². The minimum atomic E-state index is -0.347. The van der Waals surface area contributed by atoms with Crippen molar-refractivity contribution >= 4 is 49.5 Å². The Hall–Kier alpha value is -2.60. The van der Waals surface area contributed by atoms with Crippen LogP contribution in [0.15, 0.2) is 57.4 Å². The number of furan rings is 1. The largest absolute Gasteiger partial charge is 0.451 e. The van der Waals surface area contributed by atoms with E-state index in [0.29, 0.717) is 16.9 Å². The quantitative estimate of drug-likeness (QED) is 0.563. The lowest BCUT2D eigenvalue weighted by Crippen LogP contribution is -2.12. The van der Waals surface area contributed by atoms with E-state index in [9.17, 15) is 4.79 Å². The van der Waals surface area contributed by atoms with Crippen LogP contribution in [-0.4, -0.2) is 15.7 Å². The molecule has 0 atom stereocenters. The van der Waals surface area contributed by atoms with Crippen LogP contribution >= 0.6 is 15.9 Å². The number of anilines is 1. The van der Waals surface area contributed by atoms with Gasteiger partial charge >= 0.3 is 5.91 Å². The lowest BCUT2D eigenvalue weighted by Gasteiger charge is -1.98. The average molecular weight is 356 g/mol. The van der Waals surface area contributed by atoms with Gasteiger partial charge in [0.25, 0.3) is 0 Å². The van der Waals surface area contributed by atoms with Gasteiger partial charge in [-0.25, -0.2) is 0 Å². The zero-order valence-electron chi connectivity index (χ0n) is 11.3. The molecule has 0 fully saturated rings. The van der Waals surface area contributed by atoms with E-state index in [4.69, 9.17) is 10.2 Å². The van der Waals surface area contributed by atoms with Crippen LogP contribution in [0.5, 0.6) is 0 Å². The van der Waals surface area contributed by atoms with Gasteiger partial charge in [-0.05, 0) is 36.4 Å². The summed E-state index contributed by atoms with van der Waals surface area (Å²) < 4.78 is 7.81. The molecule has 6 heteroatoms. The van der Waals surface area contributed by atoms with Crippen molar-refractivity contribution in [1.29, 1.82) is 0 Å². The molecule has 0 saturated heterocycles. The average Bonchev–Trinajstić information content (AvgIpc) is 3.08. The Balaban J connectivity index is 1.88. The molecule has 4 rings (SSSR count). The fraction of sp³-hybridized carbons (Fsp3) is 0. The molecule has 2 N–H and O–H groups in total. The van der Waals surface area contributed by atoms with E-state index in [1.54, 1.807) is 12.1 Å². The summed E-state index contributed by atoms with van der Waals surface area (Å²) in [4.78, 5) is 12.7. The summed E-state index contributed by atoms with van der Waals surface area (Å²) in [7, 11) is 0. The zero-order valence-corrected chi connectivity index (χ0v) is 12.9. The lowest BCUT2D eigenvalue weighted by molar-refractivity contribution is 0.0925. The van der Waals surface area contributed by atoms with Gasteiger partial charge in [-0.15, -0.1) is 5.10 Å². The van der Waals surface area contributed by atoms with Crippen LogP contribution in [0, 0.1) is 0 Å². The number of nitrogens with two attached hydrogens (primary N) is 1. The van der Waals surface area contributed by atoms with Crippen molar-refractivity contribution < 1.29 is 9.21 Å². The lowest BCUT2D eigenvalue weighted by atomic mass is 10.2. The molecule has 0 aliphatic rings. The first-order valence-corrected chi connectivity index (χ1v) is 7.40. The summed E-state index contributed by atoms with van der Waals surface area (Å²) in [5, 5.41) is 5.73. The third kappa shape index (κ3) is 1.92. The van der Waals surface area contributed by atoms with Crippen molar-refractivity contribution in [3.05, 3.63) is 58.8 Å². The highest BCUT2D eigenvalue weighted by molar-refractivity contribution is 9.10. The standard InChI is InChI=1S/C16H10BrN3O2/c17-10-6-5-9-7-14(22-13(9)8-10)16(21)20-12-4-2-1-3-11(12)15(18)19-20/h1-8H,(H2,18,19). The number of nitrogens with zero attached hydrogens (tertiary/aromatic N) is 2. The van der Waals surface area contributed by atoms with E-state index in [-0.39, 0.29) is 11.7 Å². The number of aromatic nitrogens is 2. The molecule has 2 heterocycles. The molecule has 0 aliphatic heterocycles. The fourth-order valence-electron chi connectivity index (χ4n) is 2.46. The summed E-state index contributed by atoms with van der Waals surface area (Å²) in [5.74, 6) is 0.199. The summed E-state index contributed by atoms with van der Waals surface area (Å²) in [6.07, 6.45) is 0. The number of rotatable bonds is 1. The van der Waals surface area contributed by atoms with Crippen LogP contribution in [0.2, 0.25) is 0 Å². The van der Waals surface area contributed by atoms with E-state index in [1.807, 2.05) is 36.4 Å². The van der Waals surface area contributed by atoms with Crippen LogP contribution in [0.1, 0.15) is 10.6 Å². The molecule has 0 unspecified atom stereocenters. The van der Waals surface area contributed by atoms with Crippen LogP contribution in [-0.2, 0) is 0 Å². The number of halogens is 1.